The quantitative estimate of drug-likeness (QED) is 0.726. The first-order valence-corrected chi connectivity index (χ1v) is 10.8. The van der Waals surface area contributed by atoms with Gasteiger partial charge in [-0.15, -0.1) is 0 Å². The lowest BCUT2D eigenvalue weighted by molar-refractivity contribution is -0.125. The lowest BCUT2D eigenvalue weighted by atomic mass is 10.2. The van der Waals surface area contributed by atoms with Crippen molar-refractivity contribution >= 4 is 18.0 Å². The van der Waals surface area contributed by atoms with Crippen molar-refractivity contribution < 1.29 is 14.4 Å². The molecule has 1 heterocycles. The van der Waals surface area contributed by atoms with Crippen molar-refractivity contribution in [3.05, 3.63) is 71.8 Å². The summed E-state index contributed by atoms with van der Waals surface area (Å²) in [4.78, 5) is 42.8. The zero-order valence-corrected chi connectivity index (χ0v) is 18.7. The number of urea groups is 2. The van der Waals surface area contributed by atoms with E-state index in [2.05, 4.69) is 10.6 Å². The van der Waals surface area contributed by atoms with E-state index in [-0.39, 0.29) is 11.9 Å². The van der Waals surface area contributed by atoms with E-state index in [1.54, 1.807) is 23.8 Å². The van der Waals surface area contributed by atoms with E-state index >= 15 is 0 Å². The summed E-state index contributed by atoms with van der Waals surface area (Å²) in [5.41, 5.74) is 2.04. The van der Waals surface area contributed by atoms with Crippen LogP contribution in [0.25, 0.3) is 0 Å². The molecule has 8 heteroatoms. The predicted molar refractivity (Wildman–Crippen MR) is 123 cm³/mol. The summed E-state index contributed by atoms with van der Waals surface area (Å²) in [6, 6.07) is 18.4. The van der Waals surface area contributed by atoms with Gasteiger partial charge < -0.3 is 15.1 Å². The molecule has 1 atom stereocenters. The molecule has 0 saturated carbocycles. The zero-order chi connectivity index (χ0) is 22.9. The van der Waals surface area contributed by atoms with E-state index < -0.39 is 12.1 Å². The Bertz CT molecular complexity index is 898. The van der Waals surface area contributed by atoms with Crippen LogP contribution < -0.4 is 10.6 Å². The smallest absolute Gasteiger partial charge is 0.321 e. The van der Waals surface area contributed by atoms with E-state index in [9.17, 15) is 14.4 Å². The Morgan fingerprint density at radius 3 is 2.06 bits per heavy atom. The number of piperazine rings is 1. The first-order chi connectivity index (χ1) is 15.4. The third kappa shape index (κ3) is 6.55. The average Bonchev–Trinajstić information content (AvgIpc) is 2.83. The number of rotatable bonds is 6. The molecular formula is C24H31N5O3. The van der Waals surface area contributed by atoms with Gasteiger partial charge in [-0.2, -0.15) is 0 Å². The summed E-state index contributed by atoms with van der Waals surface area (Å²) in [6.45, 7) is 4.91. The minimum atomic E-state index is -0.512. The molecule has 170 valence electrons. The highest BCUT2D eigenvalue weighted by atomic mass is 16.2. The molecule has 2 aromatic carbocycles. The average molecular weight is 438 g/mol. The molecule has 0 aliphatic carbocycles. The molecule has 2 N–H and O–H groups in total. The molecule has 1 fully saturated rings. The van der Waals surface area contributed by atoms with Crippen LogP contribution in [0.4, 0.5) is 9.59 Å². The fourth-order valence-electron chi connectivity index (χ4n) is 3.67. The Morgan fingerprint density at radius 2 is 1.47 bits per heavy atom. The van der Waals surface area contributed by atoms with Gasteiger partial charge in [0.05, 0.1) is 6.04 Å². The molecule has 0 bridgehead atoms. The molecule has 1 saturated heterocycles. The molecule has 32 heavy (non-hydrogen) atoms. The monoisotopic (exact) mass is 437 g/mol. The standard InChI is InChI=1S/C24H31N5O3/c1-19(22(30)26-23(31)25-17-20-9-5-3-6-10-20)28-13-15-29(16-14-28)24(32)27(2)18-21-11-7-4-8-12-21/h3-12,19H,13-18H2,1-2H3,(H2,25,26,30,31). The Morgan fingerprint density at radius 1 is 0.906 bits per heavy atom. The van der Waals surface area contributed by atoms with Crippen LogP contribution >= 0.6 is 0 Å². The molecule has 0 spiro atoms. The van der Waals surface area contributed by atoms with Crippen LogP contribution in [0.1, 0.15) is 18.1 Å². The molecule has 5 amide bonds. The lowest BCUT2D eigenvalue weighted by Gasteiger charge is -2.38. The molecule has 8 nitrogen and oxygen atoms in total. The second-order valence-corrected chi connectivity index (χ2v) is 7.98. The molecule has 2 aromatic rings. The van der Waals surface area contributed by atoms with Crippen LogP contribution in [-0.2, 0) is 17.9 Å². The van der Waals surface area contributed by atoms with Crippen LogP contribution in [0.15, 0.2) is 60.7 Å². The maximum atomic E-state index is 12.7. The highest BCUT2D eigenvalue weighted by molar-refractivity contribution is 5.96. The normalized spacial score (nSPS) is 15.0. The second-order valence-electron chi connectivity index (χ2n) is 7.98. The SMILES string of the molecule is CC(C(=O)NC(=O)NCc1ccccc1)N1CCN(C(=O)N(C)Cc2ccccc2)CC1. The Kier molecular flexibility index (Phi) is 8.21. The van der Waals surface area contributed by atoms with Gasteiger partial charge in [0, 0.05) is 46.3 Å². The first-order valence-electron chi connectivity index (χ1n) is 10.8. The Balaban J connectivity index is 1.41. The van der Waals surface area contributed by atoms with Crippen molar-refractivity contribution in [3.63, 3.8) is 0 Å². The number of nitrogens with zero attached hydrogens (tertiary/aromatic N) is 3. The highest BCUT2D eigenvalue weighted by Gasteiger charge is 2.29. The predicted octanol–water partition coefficient (Wildman–Crippen LogP) is 2.27. The van der Waals surface area contributed by atoms with Crippen molar-refractivity contribution in [1.29, 1.82) is 0 Å². The van der Waals surface area contributed by atoms with Crippen molar-refractivity contribution in [1.82, 2.24) is 25.3 Å². The number of imide groups is 1. The van der Waals surface area contributed by atoms with Crippen molar-refractivity contribution in [2.24, 2.45) is 0 Å². The van der Waals surface area contributed by atoms with Gasteiger partial charge in [0.2, 0.25) is 5.91 Å². The third-order valence-electron chi connectivity index (χ3n) is 5.63. The fraction of sp³-hybridized carbons (Fsp3) is 0.375. The van der Waals surface area contributed by atoms with Crippen LogP contribution in [0.3, 0.4) is 0 Å². The van der Waals surface area contributed by atoms with Gasteiger partial charge in [-0.3, -0.25) is 15.0 Å². The Hall–Kier alpha value is -3.39. The number of hydrogen-bond acceptors (Lipinski definition) is 4. The van der Waals surface area contributed by atoms with E-state index in [1.807, 2.05) is 65.6 Å². The van der Waals surface area contributed by atoms with Gasteiger partial charge >= 0.3 is 12.1 Å². The number of carbonyl (C=O) groups is 3. The van der Waals surface area contributed by atoms with Gasteiger partial charge in [-0.1, -0.05) is 60.7 Å². The van der Waals surface area contributed by atoms with Gasteiger partial charge in [-0.05, 0) is 18.1 Å². The summed E-state index contributed by atoms with van der Waals surface area (Å²) in [6.07, 6.45) is 0. The molecule has 0 aromatic heterocycles. The van der Waals surface area contributed by atoms with Crippen LogP contribution in [0.5, 0.6) is 0 Å². The summed E-state index contributed by atoms with van der Waals surface area (Å²) in [7, 11) is 1.80. The maximum absolute atomic E-state index is 12.7. The summed E-state index contributed by atoms with van der Waals surface area (Å²) in [5, 5.41) is 5.10. The van der Waals surface area contributed by atoms with E-state index in [1.165, 1.54) is 0 Å². The van der Waals surface area contributed by atoms with Crippen molar-refractivity contribution in [2.75, 3.05) is 33.2 Å². The summed E-state index contributed by atoms with van der Waals surface area (Å²) < 4.78 is 0. The van der Waals surface area contributed by atoms with E-state index in [4.69, 9.17) is 0 Å². The number of benzene rings is 2. The van der Waals surface area contributed by atoms with Crippen LogP contribution in [-0.4, -0.2) is 71.9 Å². The molecular weight excluding hydrogens is 406 g/mol. The molecule has 1 aliphatic heterocycles. The lowest BCUT2D eigenvalue weighted by Crippen LogP contribution is -2.57. The fourth-order valence-corrected chi connectivity index (χ4v) is 3.67. The van der Waals surface area contributed by atoms with Crippen molar-refractivity contribution in [2.45, 2.75) is 26.1 Å². The minimum absolute atomic E-state index is 0.0223. The Labute approximate surface area is 189 Å². The number of hydrogen-bond donors (Lipinski definition) is 2. The largest absolute Gasteiger partial charge is 0.334 e. The minimum Gasteiger partial charge on any atom is -0.334 e. The van der Waals surface area contributed by atoms with E-state index in [0.29, 0.717) is 39.3 Å². The highest BCUT2D eigenvalue weighted by Crippen LogP contribution is 2.11. The molecule has 3 rings (SSSR count). The number of nitrogens with one attached hydrogen (secondary N) is 2. The molecule has 1 unspecified atom stereocenters. The zero-order valence-electron chi connectivity index (χ0n) is 18.7. The number of carbonyl (C=O) groups excluding carboxylic acids is 3. The van der Waals surface area contributed by atoms with Gasteiger partial charge in [0.15, 0.2) is 0 Å². The second kappa shape index (κ2) is 11.3. The van der Waals surface area contributed by atoms with Crippen molar-refractivity contribution in [3.8, 4) is 0 Å². The topological polar surface area (TPSA) is 85.0 Å². The maximum Gasteiger partial charge on any atom is 0.321 e. The van der Waals surface area contributed by atoms with Gasteiger partial charge in [0.25, 0.3) is 0 Å². The summed E-state index contributed by atoms with van der Waals surface area (Å²) in [5.74, 6) is -0.350. The molecule has 0 radical (unpaired) electrons. The first kappa shape index (κ1) is 23.3. The number of amides is 5. The molecule has 1 aliphatic rings. The van der Waals surface area contributed by atoms with Gasteiger partial charge in [0.1, 0.15) is 0 Å². The van der Waals surface area contributed by atoms with Gasteiger partial charge in [-0.25, -0.2) is 9.59 Å². The van der Waals surface area contributed by atoms with Crippen LogP contribution in [0, 0.1) is 0 Å². The third-order valence-corrected chi connectivity index (χ3v) is 5.63. The summed E-state index contributed by atoms with van der Waals surface area (Å²) >= 11 is 0. The van der Waals surface area contributed by atoms with Crippen LogP contribution in [0.2, 0.25) is 0 Å². The van der Waals surface area contributed by atoms with E-state index in [0.717, 1.165) is 11.1 Å².